The number of nitrogens with zero attached hydrogens (tertiary/aromatic N) is 2. The van der Waals surface area contributed by atoms with E-state index in [4.69, 9.17) is 0 Å². The maximum atomic E-state index is 12.1. The lowest BCUT2D eigenvalue weighted by atomic mass is 10.0. The first-order chi connectivity index (χ1) is 13.2. The number of carbonyl (C=O) groups is 1. The molecule has 0 unspecified atom stereocenters. The van der Waals surface area contributed by atoms with Gasteiger partial charge in [-0.25, -0.2) is 0 Å². The van der Waals surface area contributed by atoms with Crippen LogP contribution in [0, 0.1) is 0 Å². The van der Waals surface area contributed by atoms with Crippen molar-refractivity contribution >= 4 is 28.2 Å². The number of thiophene rings is 1. The number of aliphatic hydroxyl groups is 1. The smallest absolute Gasteiger partial charge is 0.325 e. The number of hydrogen-bond acceptors (Lipinski definition) is 5. The minimum Gasteiger partial charge on any atom is -0.480 e. The third-order valence-electron chi connectivity index (χ3n) is 5.22. The Hall–Kier alpha value is -2.19. The van der Waals surface area contributed by atoms with Gasteiger partial charge in [0.05, 0.1) is 6.61 Å². The number of aromatic amines is 1. The van der Waals surface area contributed by atoms with Gasteiger partial charge >= 0.3 is 5.97 Å². The molecule has 1 saturated heterocycles. The van der Waals surface area contributed by atoms with Crippen LogP contribution >= 0.6 is 11.3 Å². The van der Waals surface area contributed by atoms with Gasteiger partial charge in [-0.05, 0) is 29.1 Å². The fourth-order valence-corrected chi connectivity index (χ4v) is 4.55. The first-order valence-corrected chi connectivity index (χ1v) is 9.96. The Morgan fingerprint density at radius 3 is 2.70 bits per heavy atom. The van der Waals surface area contributed by atoms with Gasteiger partial charge in [-0.15, -0.1) is 11.3 Å². The summed E-state index contributed by atoms with van der Waals surface area (Å²) in [7, 11) is 0. The minimum atomic E-state index is -0.836. The predicted octanol–water partition coefficient (Wildman–Crippen LogP) is 2.67. The molecule has 7 heteroatoms. The molecule has 3 heterocycles. The van der Waals surface area contributed by atoms with Crippen LogP contribution < -0.4 is 0 Å². The van der Waals surface area contributed by atoms with Gasteiger partial charge in [0.15, 0.2) is 0 Å². The van der Waals surface area contributed by atoms with Crippen LogP contribution in [-0.4, -0.2) is 57.1 Å². The normalized spacial score (nSPS) is 17.4. The second kappa shape index (κ2) is 7.82. The van der Waals surface area contributed by atoms with Crippen LogP contribution in [0.4, 0.5) is 0 Å². The van der Waals surface area contributed by atoms with Gasteiger partial charge in [-0.3, -0.25) is 14.6 Å². The highest BCUT2D eigenvalue weighted by atomic mass is 32.1. The van der Waals surface area contributed by atoms with Crippen molar-refractivity contribution < 1.29 is 15.0 Å². The van der Waals surface area contributed by atoms with Crippen LogP contribution in [0.25, 0.3) is 10.9 Å². The highest BCUT2D eigenvalue weighted by Crippen LogP contribution is 2.30. The average molecular weight is 385 g/mol. The Morgan fingerprint density at radius 2 is 2.04 bits per heavy atom. The number of nitrogens with one attached hydrogen (secondary N) is 1. The van der Waals surface area contributed by atoms with E-state index in [0.29, 0.717) is 13.1 Å². The van der Waals surface area contributed by atoms with Gasteiger partial charge in [0.1, 0.15) is 6.04 Å². The Kier molecular flexibility index (Phi) is 5.27. The van der Waals surface area contributed by atoms with E-state index in [0.717, 1.165) is 41.7 Å². The van der Waals surface area contributed by atoms with Crippen LogP contribution in [0.5, 0.6) is 0 Å². The highest BCUT2D eigenvalue weighted by Gasteiger charge is 2.32. The number of benzene rings is 1. The van der Waals surface area contributed by atoms with Crippen molar-refractivity contribution in [2.45, 2.75) is 19.2 Å². The van der Waals surface area contributed by atoms with Gasteiger partial charge in [-0.2, -0.15) is 0 Å². The lowest BCUT2D eigenvalue weighted by Gasteiger charge is -2.37. The first kappa shape index (κ1) is 18.2. The van der Waals surface area contributed by atoms with Gasteiger partial charge < -0.3 is 15.2 Å². The lowest BCUT2D eigenvalue weighted by molar-refractivity contribution is -0.144. The van der Waals surface area contributed by atoms with E-state index >= 15 is 0 Å². The van der Waals surface area contributed by atoms with E-state index in [1.54, 1.807) is 17.5 Å². The van der Waals surface area contributed by atoms with Crippen molar-refractivity contribution in [2.24, 2.45) is 0 Å². The van der Waals surface area contributed by atoms with Gasteiger partial charge in [0.2, 0.25) is 0 Å². The average Bonchev–Trinajstić information content (AvgIpc) is 3.33. The molecule has 3 aromatic rings. The number of piperazine rings is 1. The molecule has 1 aliphatic heterocycles. The number of carboxylic acid groups (broad SMARTS) is 1. The summed E-state index contributed by atoms with van der Waals surface area (Å²) in [4.78, 5) is 21.0. The zero-order valence-electron chi connectivity index (χ0n) is 15.0. The second-order valence-electron chi connectivity index (χ2n) is 6.91. The van der Waals surface area contributed by atoms with Crippen LogP contribution in [0.3, 0.4) is 0 Å². The molecule has 0 radical (unpaired) electrons. The maximum Gasteiger partial charge on any atom is 0.325 e. The van der Waals surface area contributed by atoms with Crippen molar-refractivity contribution in [3.63, 3.8) is 0 Å². The summed E-state index contributed by atoms with van der Waals surface area (Å²) < 4.78 is 0. The molecule has 1 atom stereocenters. The summed E-state index contributed by atoms with van der Waals surface area (Å²) in [6.07, 6.45) is 1.79. The second-order valence-corrected chi connectivity index (χ2v) is 7.95. The minimum absolute atomic E-state index is 0.0559. The molecule has 1 aliphatic rings. The van der Waals surface area contributed by atoms with E-state index in [-0.39, 0.29) is 6.61 Å². The third-order valence-corrected chi connectivity index (χ3v) is 6.08. The van der Waals surface area contributed by atoms with Crippen molar-refractivity contribution in [3.05, 3.63) is 57.9 Å². The van der Waals surface area contributed by atoms with E-state index in [2.05, 4.69) is 27.4 Å². The number of rotatable bonds is 6. The van der Waals surface area contributed by atoms with Crippen molar-refractivity contribution in [1.82, 2.24) is 14.8 Å². The molecular formula is C20H23N3O3S. The standard InChI is InChI=1S/C20H23N3O3S/c24-13-14-3-4-18-16(10-14)17(11-21-18)19(20(25)26)23-7-5-22(6-8-23)12-15-2-1-9-27-15/h1-4,9-11,19,21,24H,5-8,12-13H2,(H,25,26)/t19-/m0/s1. The van der Waals surface area contributed by atoms with Crippen LogP contribution in [0.15, 0.2) is 41.9 Å². The Labute approximate surface area is 161 Å². The number of aliphatic carboxylic acids is 1. The van der Waals surface area contributed by atoms with E-state index in [9.17, 15) is 15.0 Å². The number of aromatic nitrogens is 1. The summed E-state index contributed by atoms with van der Waals surface area (Å²) >= 11 is 1.76. The molecule has 0 amide bonds. The number of aliphatic hydroxyl groups excluding tert-OH is 1. The fourth-order valence-electron chi connectivity index (χ4n) is 3.80. The number of H-pyrrole nitrogens is 1. The largest absolute Gasteiger partial charge is 0.480 e. The summed E-state index contributed by atoms with van der Waals surface area (Å²) in [5.41, 5.74) is 2.44. The molecule has 6 nitrogen and oxygen atoms in total. The molecule has 142 valence electrons. The molecule has 0 spiro atoms. The highest BCUT2D eigenvalue weighted by molar-refractivity contribution is 7.09. The Bertz CT molecular complexity index is 914. The topological polar surface area (TPSA) is 79.8 Å². The van der Waals surface area contributed by atoms with Gasteiger partial charge in [0, 0.05) is 60.3 Å². The zero-order chi connectivity index (χ0) is 18.8. The molecule has 0 aliphatic carbocycles. The molecule has 1 fully saturated rings. The van der Waals surface area contributed by atoms with Crippen molar-refractivity contribution in [3.8, 4) is 0 Å². The van der Waals surface area contributed by atoms with E-state index < -0.39 is 12.0 Å². The zero-order valence-corrected chi connectivity index (χ0v) is 15.8. The quantitative estimate of drug-likeness (QED) is 0.608. The Balaban J connectivity index is 1.53. The summed E-state index contributed by atoms with van der Waals surface area (Å²) in [5.74, 6) is -0.836. The van der Waals surface area contributed by atoms with Crippen molar-refractivity contribution in [2.75, 3.05) is 26.2 Å². The Morgan fingerprint density at radius 1 is 1.22 bits per heavy atom. The van der Waals surface area contributed by atoms with E-state index in [1.807, 2.05) is 23.1 Å². The van der Waals surface area contributed by atoms with Crippen molar-refractivity contribution in [1.29, 1.82) is 0 Å². The summed E-state index contributed by atoms with van der Waals surface area (Å²) in [5, 5.41) is 22.3. The molecule has 0 bridgehead atoms. The molecular weight excluding hydrogens is 362 g/mol. The fraction of sp³-hybridized carbons (Fsp3) is 0.350. The molecule has 27 heavy (non-hydrogen) atoms. The van der Waals surface area contributed by atoms with Gasteiger partial charge in [0.25, 0.3) is 0 Å². The number of carboxylic acids is 1. The molecule has 2 aromatic heterocycles. The predicted molar refractivity (Wildman–Crippen MR) is 106 cm³/mol. The number of hydrogen-bond donors (Lipinski definition) is 3. The molecule has 4 rings (SSSR count). The number of fused-ring (bicyclic) bond motifs is 1. The SMILES string of the molecule is O=C(O)[C@H](c1c[nH]c2ccc(CO)cc12)N1CCN(Cc2cccs2)CC1. The van der Waals surface area contributed by atoms with Crippen LogP contribution in [0.1, 0.15) is 22.0 Å². The van der Waals surface area contributed by atoms with E-state index in [1.165, 1.54) is 4.88 Å². The lowest BCUT2D eigenvalue weighted by Crippen LogP contribution is -2.48. The molecule has 1 aromatic carbocycles. The third kappa shape index (κ3) is 3.77. The summed E-state index contributed by atoms with van der Waals surface area (Å²) in [6, 6.07) is 9.14. The van der Waals surface area contributed by atoms with Crippen LogP contribution in [-0.2, 0) is 17.9 Å². The molecule has 3 N–H and O–H groups in total. The molecule has 0 saturated carbocycles. The van der Waals surface area contributed by atoms with Crippen LogP contribution in [0.2, 0.25) is 0 Å². The monoisotopic (exact) mass is 385 g/mol. The first-order valence-electron chi connectivity index (χ1n) is 9.08. The summed E-state index contributed by atoms with van der Waals surface area (Å²) in [6.45, 7) is 4.01. The maximum absolute atomic E-state index is 12.1. The van der Waals surface area contributed by atoms with Gasteiger partial charge in [-0.1, -0.05) is 12.1 Å².